The fraction of sp³-hybridized carbons (Fsp3) is 0.462. The summed E-state index contributed by atoms with van der Waals surface area (Å²) in [5.74, 6) is 0. The molecule has 3 nitrogen and oxygen atoms in total. The Morgan fingerprint density at radius 3 is 2.56 bits per heavy atom. The summed E-state index contributed by atoms with van der Waals surface area (Å²) in [4.78, 5) is 13.3. The second-order valence-electron chi connectivity index (χ2n) is 4.08. The highest BCUT2D eigenvalue weighted by Gasteiger charge is 2.18. The molecule has 2 rings (SSSR count). The van der Waals surface area contributed by atoms with E-state index in [0.29, 0.717) is 0 Å². The third-order valence-corrected chi connectivity index (χ3v) is 2.72. The molecular formula is C13H20N2O. The second-order valence-corrected chi connectivity index (χ2v) is 4.08. The lowest BCUT2D eigenvalue weighted by atomic mass is 10.1. The van der Waals surface area contributed by atoms with Crippen LogP contribution in [-0.2, 0) is 11.2 Å². The summed E-state index contributed by atoms with van der Waals surface area (Å²) in [7, 11) is 6.37. The smallest absolute Gasteiger partial charge is 0.116 e. The van der Waals surface area contributed by atoms with Crippen LogP contribution in [-0.4, -0.2) is 34.0 Å². The molecule has 0 spiro atoms. The van der Waals surface area contributed by atoms with Crippen LogP contribution >= 0.6 is 0 Å². The fourth-order valence-electron chi connectivity index (χ4n) is 2.00. The molecule has 88 valence electrons. The Labute approximate surface area is 97.7 Å². The number of fused-ring (bicyclic) bond motifs is 1. The summed E-state index contributed by atoms with van der Waals surface area (Å²) in [6.45, 7) is 2.60. The number of carbonyl (C=O) groups is 1. The molecule has 1 aliphatic heterocycles. The first-order valence-electron chi connectivity index (χ1n) is 5.52. The van der Waals surface area contributed by atoms with E-state index < -0.39 is 0 Å². The first-order valence-corrected chi connectivity index (χ1v) is 5.52. The van der Waals surface area contributed by atoms with Crippen LogP contribution in [0.15, 0.2) is 18.2 Å². The number of anilines is 2. The van der Waals surface area contributed by atoms with Crippen LogP contribution in [0.3, 0.4) is 0 Å². The third-order valence-electron chi connectivity index (χ3n) is 2.72. The highest BCUT2D eigenvalue weighted by molar-refractivity contribution is 5.69. The SMILES string of the molecule is CC=O.CN(C)c1cccc2c1CCN2C. The van der Waals surface area contributed by atoms with Crippen molar-refractivity contribution in [1.29, 1.82) is 0 Å². The molecule has 0 radical (unpaired) electrons. The monoisotopic (exact) mass is 220 g/mol. The molecule has 0 N–H and O–H groups in total. The van der Waals surface area contributed by atoms with Crippen LogP contribution in [0, 0.1) is 0 Å². The topological polar surface area (TPSA) is 23.6 Å². The van der Waals surface area contributed by atoms with Crippen molar-refractivity contribution in [2.45, 2.75) is 13.3 Å². The van der Waals surface area contributed by atoms with Crippen LogP contribution in [0.4, 0.5) is 11.4 Å². The summed E-state index contributed by atoms with van der Waals surface area (Å²) in [6, 6.07) is 6.53. The van der Waals surface area contributed by atoms with Gasteiger partial charge in [0.15, 0.2) is 0 Å². The van der Waals surface area contributed by atoms with Crippen molar-refractivity contribution in [3.63, 3.8) is 0 Å². The van der Waals surface area contributed by atoms with Crippen molar-refractivity contribution in [3.8, 4) is 0 Å². The van der Waals surface area contributed by atoms with Crippen LogP contribution in [0.2, 0.25) is 0 Å². The van der Waals surface area contributed by atoms with Crippen molar-refractivity contribution in [2.75, 3.05) is 37.5 Å². The molecule has 0 amide bonds. The molecule has 1 aromatic rings. The highest BCUT2D eigenvalue weighted by Crippen LogP contribution is 2.33. The number of likely N-dealkylation sites (N-methyl/N-ethyl adjacent to an activating group) is 1. The zero-order valence-corrected chi connectivity index (χ0v) is 10.5. The fourth-order valence-corrected chi connectivity index (χ4v) is 2.00. The molecule has 16 heavy (non-hydrogen) atoms. The Hall–Kier alpha value is -1.51. The minimum atomic E-state index is 0.750. The van der Waals surface area contributed by atoms with E-state index in [1.54, 1.807) is 0 Å². The predicted octanol–water partition coefficient (Wildman–Crippen LogP) is 1.95. The van der Waals surface area contributed by atoms with Crippen molar-refractivity contribution < 1.29 is 4.79 Å². The standard InChI is InChI=1S/C11H16N2.C2H4O/c1-12(2)10-5-4-6-11-9(10)7-8-13(11)3;1-2-3/h4-6H,7-8H2,1-3H3;2H,1H3. The normalized spacial score (nSPS) is 12.6. The number of benzene rings is 1. The Balaban J connectivity index is 0.000000386. The summed E-state index contributed by atoms with van der Waals surface area (Å²) >= 11 is 0. The van der Waals surface area contributed by atoms with Gasteiger partial charge in [-0.05, 0) is 25.5 Å². The summed E-state index contributed by atoms with van der Waals surface area (Å²) in [6.07, 6.45) is 1.93. The molecule has 0 saturated heterocycles. The maximum absolute atomic E-state index is 8.81. The van der Waals surface area contributed by atoms with Crippen molar-refractivity contribution in [2.24, 2.45) is 0 Å². The molecular weight excluding hydrogens is 200 g/mol. The van der Waals surface area contributed by atoms with Gasteiger partial charge in [0.25, 0.3) is 0 Å². The minimum absolute atomic E-state index is 0.750. The first-order chi connectivity index (χ1) is 7.61. The molecule has 1 aliphatic rings. The Morgan fingerprint density at radius 1 is 1.38 bits per heavy atom. The van der Waals surface area contributed by atoms with E-state index in [4.69, 9.17) is 4.79 Å². The zero-order chi connectivity index (χ0) is 12.1. The lowest BCUT2D eigenvalue weighted by molar-refractivity contribution is -0.106. The van der Waals surface area contributed by atoms with Gasteiger partial charge in [0.05, 0.1) is 0 Å². The summed E-state index contributed by atoms with van der Waals surface area (Å²) < 4.78 is 0. The van der Waals surface area contributed by atoms with Gasteiger partial charge >= 0.3 is 0 Å². The second kappa shape index (κ2) is 5.54. The van der Waals surface area contributed by atoms with Crippen LogP contribution in [0.1, 0.15) is 12.5 Å². The van der Waals surface area contributed by atoms with Crippen molar-refractivity contribution in [1.82, 2.24) is 0 Å². The lowest BCUT2D eigenvalue weighted by Gasteiger charge is -2.17. The highest BCUT2D eigenvalue weighted by atomic mass is 16.1. The molecule has 0 aromatic heterocycles. The molecule has 1 heterocycles. The molecule has 0 aliphatic carbocycles. The molecule has 0 fully saturated rings. The largest absolute Gasteiger partial charge is 0.377 e. The Morgan fingerprint density at radius 2 is 2.00 bits per heavy atom. The van der Waals surface area contributed by atoms with Crippen LogP contribution in [0.25, 0.3) is 0 Å². The Bertz CT molecular complexity index is 361. The van der Waals surface area contributed by atoms with Gasteiger partial charge < -0.3 is 14.6 Å². The number of rotatable bonds is 1. The minimum Gasteiger partial charge on any atom is -0.377 e. The zero-order valence-electron chi connectivity index (χ0n) is 10.5. The van der Waals surface area contributed by atoms with E-state index in [1.165, 1.54) is 30.3 Å². The molecule has 3 heteroatoms. The van der Waals surface area contributed by atoms with Crippen molar-refractivity contribution in [3.05, 3.63) is 23.8 Å². The lowest BCUT2D eigenvalue weighted by Crippen LogP contribution is -2.12. The van der Waals surface area contributed by atoms with Gasteiger partial charge in [0, 0.05) is 44.6 Å². The van der Waals surface area contributed by atoms with Gasteiger partial charge in [-0.1, -0.05) is 6.07 Å². The maximum atomic E-state index is 8.81. The van der Waals surface area contributed by atoms with Gasteiger partial charge in [0.1, 0.15) is 6.29 Å². The molecule has 0 bridgehead atoms. The number of nitrogens with zero attached hydrogens (tertiary/aromatic N) is 2. The quantitative estimate of drug-likeness (QED) is 0.676. The van der Waals surface area contributed by atoms with Crippen molar-refractivity contribution >= 4 is 17.7 Å². The molecule has 0 atom stereocenters. The maximum Gasteiger partial charge on any atom is 0.116 e. The predicted molar refractivity (Wildman–Crippen MR) is 69.5 cm³/mol. The van der Waals surface area contributed by atoms with Gasteiger partial charge in [0.2, 0.25) is 0 Å². The number of carbonyl (C=O) groups excluding carboxylic acids is 1. The first kappa shape index (κ1) is 12.6. The summed E-state index contributed by atoms with van der Waals surface area (Å²) in [5.41, 5.74) is 4.25. The summed E-state index contributed by atoms with van der Waals surface area (Å²) in [5, 5.41) is 0. The van der Waals surface area contributed by atoms with Gasteiger partial charge in [-0.2, -0.15) is 0 Å². The van der Waals surface area contributed by atoms with E-state index in [0.717, 1.165) is 12.8 Å². The van der Waals surface area contributed by atoms with E-state index in [2.05, 4.69) is 49.1 Å². The molecule has 0 saturated carbocycles. The van der Waals surface area contributed by atoms with E-state index in [-0.39, 0.29) is 0 Å². The average molecular weight is 220 g/mol. The van der Waals surface area contributed by atoms with E-state index >= 15 is 0 Å². The van der Waals surface area contributed by atoms with E-state index in [9.17, 15) is 0 Å². The number of hydrogen-bond donors (Lipinski definition) is 0. The third kappa shape index (κ3) is 2.54. The molecule has 0 unspecified atom stereocenters. The van der Waals surface area contributed by atoms with Crippen LogP contribution < -0.4 is 9.80 Å². The Kier molecular flexibility index (Phi) is 4.35. The van der Waals surface area contributed by atoms with Crippen LogP contribution in [0.5, 0.6) is 0 Å². The van der Waals surface area contributed by atoms with E-state index in [1.807, 2.05) is 0 Å². The number of hydrogen-bond acceptors (Lipinski definition) is 3. The van der Waals surface area contributed by atoms with Gasteiger partial charge in [-0.3, -0.25) is 0 Å². The van der Waals surface area contributed by atoms with Gasteiger partial charge in [-0.25, -0.2) is 0 Å². The average Bonchev–Trinajstić information content (AvgIpc) is 2.61. The molecule has 1 aromatic carbocycles. The number of aldehydes is 1. The van der Waals surface area contributed by atoms with Gasteiger partial charge in [-0.15, -0.1) is 0 Å².